The largest absolute Gasteiger partial charge is 0.304 e. The smallest absolute Gasteiger partial charge is 0.258 e. The molecular weight excluding hydrogens is 290 g/mol. The number of hydrogen-bond donors (Lipinski definition) is 0. The van der Waals surface area contributed by atoms with Crippen molar-refractivity contribution in [2.45, 2.75) is 13.5 Å². The van der Waals surface area contributed by atoms with Crippen molar-refractivity contribution in [3.63, 3.8) is 0 Å². The maximum absolute atomic E-state index is 12.4. The number of carbonyl (C=O) groups is 1. The third-order valence-corrected chi connectivity index (χ3v) is 4.21. The summed E-state index contributed by atoms with van der Waals surface area (Å²) in [5.41, 5.74) is 3.99. The number of hydrogen-bond acceptors (Lipinski definition) is 1. The fourth-order valence-corrected chi connectivity index (χ4v) is 2.69. The summed E-state index contributed by atoms with van der Waals surface area (Å²) in [6.07, 6.45) is 0. The number of carbonyl (C=O) groups excluding carboxylic acids is 1. The van der Waals surface area contributed by atoms with Gasteiger partial charge in [0.25, 0.3) is 5.91 Å². The van der Waals surface area contributed by atoms with Gasteiger partial charge in [-0.25, -0.2) is 0 Å². The minimum atomic E-state index is 0.0896. The number of fused-ring (bicyclic) bond motifs is 1. The molecular formula is C15H12BrNO. The highest BCUT2D eigenvalue weighted by Crippen LogP contribution is 2.33. The van der Waals surface area contributed by atoms with Crippen molar-refractivity contribution in [3.8, 4) is 0 Å². The lowest BCUT2D eigenvalue weighted by molar-refractivity contribution is 0.0996. The number of amides is 1. The zero-order valence-electron chi connectivity index (χ0n) is 9.98. The van der Waals surface area contributed by atoms with Gasteiger partial charge in [-0.05, 0) is 36.2 Å². The molecule has 2 aromatic rings. The third-order valence-electron chi connectivity index (χ3n) is 3.35. The Balaban J connectivity index is 2.07. The Morgan fingerprint density at radius 3 is 2.67 bits per heavy atom. The van der Waals surface area contributed by atoms with Crippen LogP contribution in [0.15, 0.2) is 46.9 Å². The number of benzene rings is 2. The number of nitrogens with zero attached hydrogens (tertiary/aromatic N) is 1. The van der Waals surface area contributed by atoms with Crippen molar-refractivity contribution in [2.75, 3.05) is 4.90 Å². The summed E-state index contributed by atoms with van der Waals surface area (Å²) in [5, 5.41) is 0. The van der Waals surface area contributed by atoms with Crippen molar-refractivity contribution < 1.29 is 4.79 Å². The summed E-state index contributed by atoms with van der Waals surface area (Å²) in [5.74, 6) is 0.0896. The van der Waals surface area contributed by atoms with Gasteiger partial charge in [0.05, 0.1) is 6.54 Å². The highest BCUT2D eigenvalue weighted by Gasteiger charge is 2.28. The zero-order chi connectivity index (χ0) is 12.7. The van der Waals surface area contributed by atoms with Crippen LogP contribution >= 0.6 is 15.9 Å². The standard InChI is InChI=1S/C15H12BrNO/c1-10-13(16)7-4-8-14(10)17-9-11-5-2-3-6-12(11)15(17)18/h2-8H,9H2,1H3. The molecule has 0 bridgehead atoms. The molecule has 0 radical (unpaired) electrons. The fourth-order valence-electron chi connectivity index (χ4n) is 2.34. The van der Waals surface area contributed by atoms with Crippen molar-refractivity contribution in [1.82, 2.24) is 0 Å². The van der Waals surface area contributed by atoms with Gasteiger partial charge in [-0.1, -0.05) is 40.2 Å². The Bertz CT molecular complexity index is 636. The summed E-state index contributed by atoms with van der Waals surface area (Å²) in [4.78, 5) is 14.2. The van der Waals surface area contributed by atoms with Gasteiger partial charge in [0.2, 0.25) is 0 Å². The molecule has 0 saturated heterocycles. The Kier molecular flexibility index (Phi) is 2.71. The average molecular weight is 302 g/mol. The Hall–Kier alpha value is -1.61. The van der Waals surface area contributed by atoms with Crippen LogP contribution in [-0.4, -0.2) is 5.91 Å². The molecule has 3 rings (SSSR count). The SMILES string of the molecule is Cc1c(Br)cccc1N1Cc2ccccc2C1=O. The lowest BCUT2D eigenvalue weighted by atomic mass is 10.1. The van der Waals surface area contributed by atoms with Crippen LogP contribution in [0.25, 0.3) is 0 Å². The summed E-state index contributed by atoms with van der Waals surface area (Å²) in [6, 6.07) is 13.7. The van der Waals surface area contributed by atoms with Crippen molar-refractivity contribution >= 4 is 27.5 Å². The molecule has 0 N–H and O–H groups in total. The fraction of sp³-hybridized carbons (Fsp3) is 0.133. The minimum Gasteiger partial charge on any atom is -0.304 e. The molecule has 0 aromatic heterocycles. The van der Waals surface area contributed by atoms with E-state index in [9.17, 15) is 4.79 Å². The van der Waals surface area contributed by atoms with Crippen LogP contribution in [0, 0.1) is 6.92 Å². The van der Waals surface area contributed by atoms with Gasteiger partial charge >= 0.3 is 0 Å². The normalized spacial score (nSPS) is 13.9. The van der Waals surface area contributed by atoms with Crippen LogP contribution < -0.4 is 4.90 Å². The van der Waals surface area contributed by atoms with Crippen molar-refractivity contribution in [2.24, 2.45) is 0 Å². The molecule has 1 aliphatic rings. The topological polar surface area (TPSA) is 20.3 Å². The maximum atomic E-state index is 12.4. The number of rotatable bonds is 1. The molecule has 18 heavy (non-hydrogen) atoms. The van der Waals surface area contributed by atoms with E-state index in [4.69, 9.17) is 0 Å². The lowest BCUT2D eigenvalue weighted by Gasteiger charge is -2.19. The van der Waals surface area contributed by atoms with Crippen LogP contribution in [0.3, 0.4) is 0 Å². The quantitative estimate of drug-likeness (QED) is 0.782. The Labute approximate surface area is 114 Å². The third kappa shape index (κ3) is 1.66. The molecule has 0 saturated carbocycles. The van der Waals surface area contributed by atoms with E-state index >= 15 is 0 Å². The second kappa shape index (κ2) is 4.25. The first-order valence-corrected chi connectivity index (χ1v) is 6.62. The summed E-state index contributed by atoms with van der Waals surface area (Å²) in [7, 11) is 0. The first-order valence-electron chi connectivity index (χ1n) is 5.83. The summed E-state index contributed by atoms with van der Waals surface area (Å²) in [6.45, 7) is 2.68. The molecule has 1 amide bonds. The van der Waals surface area contributed by atoms with E-state index in [1.54, 1.807) is 0 Å². The summed E-state index contributed by atoms with van der Waals surface area (Å²) >= 11 is 3.51. The Morgan fingerprint density at radius 1 is 1.11 bits per heavy atom. The molecule has 1 aliphatic heterocycles. The first-order chi connectivity index (χ1) is 8.68. The molecule has 2 nitrogen and oxygen atoms in total. The molecule has 2 aromatic carbocycles. The van der Waals surface area contributed by atoms with Gasteiger partial charge < -0.3 is 4.90 Å². The molecule has 1 heterocycles. The highest BCUT2D eigenvalue weighted by atomic mass is 79.9. The van der Waals surface area contributed by atoms with Crippen LogP contribution in [0.1, 0.15) is 21.5 Å². The predicted octanol–water partition coefficient (Wildman–Crippen LogP) is 3.92. The second-order valence-corrected chi connectivity index (χ2v) is 5.29. The van der Waals surface area contributed by atoms with Gasteiger partial charge in [0.15, 0.2) is 0 Å². The average Bonchev–Trinajstić information content (AvgIpc) is 2.71. The van der Waals surface area contributed by atoms with Gasteiger partial charge in [-0.3, -0.25) is 4.79 Å². The number of anilines is 1. The highest BCUT2D eigenvalue weighted by molar-refractivity contribution is 9.10. The minimum absolute atomic E-state index is 0.0896. The monoisotopic (exact) mass is 301 g/mol. The first kappa shape index (κ1) is 11.5. The molecule has 0 unspecified atom stereocenters. The predicted molar refractivity (Wildman–Crippen MR) is 75.8 cm³/mol. The maximum Gasteiger partial charge on any atom is 0.258 e. The molecule has 3 heteroatoms. The van der Waals surface area contributed by atoms with Crippen molar-refractivity contribution in [1.29, 1.82) is 0 Å². The molecule has 0 fully saturated rings. The lowest BCUT2D eigenvalue weighted by Crippen LogP contribution is -2.23. The van der Waals surface area contributed by atoms with Crippen LogP contribution in [0.4, 0.5) is 5.69 Å². The van der Waals surface area contributed by atoms with E-state index in [0.29, 0.717) is 6.54 Å². The van der Waals surface area contributed by atoms with Crippen LogP contribution in [-0.2, 0) is 6.54 Å². The zero-order valence-corrected chi connectivity index (χ0v) is 11.6. The van der Waals surface area contributed by atoms with E-state index in [2.05, 4.69) is 15.9 Å². The Morgan fingerprint density at radius 2 is 1.89 bits per heavy atom. The van der Waals surface area contributed by atoms with Crippen LogP contribution in [0.2, 0.25) is 0 Å². The molecule has 0 aliphatic carbocycles. The molecule has 0 atom stereocenters. The second-order valence-electron chi connectivity index (χ2n) is 4.43. The van der Waals surface area contributed by atoms with Gasteiger partial charge in [0, 0.05) is 15.7 Å². The van der Waals surface area contributed by atoms with E-state index in [1.807, 2.05) is 54.3 Å². The van der Waals surface area contributed by atoms with Gasteiger partial charge in [-0.2, -0.15) is 0 Å². The van der Waals surface area contributed by atoms with E-state index in [0.717, 1.165) is 26.9 Å². The number of halogens is 1. The van der Waals surface area contributed by atoms with E-state index < -0.39 is 0 Å². The summed E-state index contributed by atoms with van der Waals surface area (Å²) < 4.78 is 1.03. The van der Waals surface area contributed by atoms with Gasteiger partial charge in [0.1, 0.15) is 0 Å². The van der Waals surface area contributed by atoms with Crippen LogP contribution in [0.5, 0.6) is 0 Å². The van der Waals surface area contributed by atoms with E-state index in [1.165, 1.54) is 0 Å². The van der Waals surface area contributed by atoms with E-state index in [-0.39, 0.29) is 5.91 Å². The molecule has 90 valence electrons. The van der Waals surface area contributed by atoms with Gasteiger partial charge in [-0.15, -0.1) is 0 Å². The molecule has 0 spiro atoms. The van der Waals surface area contributed by atoms with Crippen molar-refractivity contribution in [3.05, 3.63) is 63.6 Å².